The Morgan fingerprint density at radius 1 is 0.795 bits per heavy atom. The van der Waals surface area contributed by atoms with Gasteiger partial charge in [0.25, 0.3) is 0 Å². The van der Waals surface area contributed by atoms with Crippen LogP contribution in [0.2, 0.25) is 0 Å². The van der Waals surface area contributed by atoms with Gasteiger partial charge < -0.3 is 24.8 Å². The van der Waals surface area contributed by atoms with Crippen molar-refractivity contribution >= 4 is 14.4 Å². The second-order valence-electron chi connectivity index (χ2n) is 15.3. The average molecular weight is 705 g/mol. The molecule has 0 N–H and O–H groups in total. The molecule has 0 aliphatic heterocycles. The Balaban J connectivity index is 0.000000231. The van der Waals surface area contributed by atoms with Crippen LogP contribution in [0.15, 0.2) is 48.1 Å². The normalized spacial score (nSPS) is 21.0. The third-order valence-electron chi connectivity index (χ3n) is 9.69. The zero-order valence-corrected chi connectivity index (χ0v) is 32.6. The summed E-state index contributed by atoms with van der Waals surface area (Å²) in [5.41, 5.74) is 16.3. The molecule has 2 aromatic rings. The zero-order chi connectivity index (χ0) is 30.6. The van der Waals surface area contributed by atoms with Crippen molar-refractivity contribution < 1.29 is 49.0 Å². The van der Waals surface area contributed by atoms with Crippen LogP contribution in [0.5, 0.6) is 0 Å². The molecule has 0 nitrogen and oxygen atoms in total. The first-order chi connectivity index (χ1) is 19.6. The van der Waals surface area contributed by atoms with E-state index in [2.05, 4.69) is 124 Å². The molecule has 0 aromatic heterocycles. The molecule has 0 spiro atoms. The van der Waals surface area contributed by atoms with E-state index in [0.717, 1.165) is 6.42 Å². The maximum atomic E-state index is 3.65. The van der Waals surface area contributed by atoms with E-state index in [1.54, 1.807) is 27.4 Å². The molecule has 0 heterocycles. The van der Waals surface area contributed by atoms with Gasteiger partial charge in [0.05, 0.1) is 0 Å². The van der Waals surface area contributed by atoms with Gasteiger partial charge in [-0.2, -0.15) is 17.2 Å². The fraction of sp³-hybridized carbons (Fsp3) is 0.488. The zero-order valence-electron chi connectivity index (χ0n) is 28.6. The number of fused-ring (bicyclic) bond motifs is 5. The second-order valence-corrected chi connectivity index (χ2v) is 17.1. The van der Waals surface area contributed by atoms with Gasteiger partial charge in [-0.3, -0.25) is 12.2 Å². The molecule has 5 aliphatic rings. The molecular weight excluding hydrogens is 655 g/mol. The number of hydrogen-bond acceptors (Lipinski definition) is 0. The number of allylic oxidation sites excluding steroid dienone is 8. The summed E-state index contributed by atoms with van der Waals surface area (Å²) in [6, 6.07) is 9.81. The SMILES string of the molecule is CC1=[C-]C(C)(C)c2cc3c(cc21)-c1cc2c(cc1C3)C(C)(C)C=C2C.CC1[C-]=CC(C(C)(C)C)=C1.[Cl-].[Cl-].[Zr+2]=[C]1CCCCC1. The van der Waals surface area contributed by atoms with Crippen LogP contribution >= 0.6 is 0 Å². The molecule has 5 aliphatic carbocycles. The molecule has 44 heavy (non-hydrogen) atoms. The molecule has 1 atom stereocenters. The predicted molar refractivity (Wildman–Crippen MR) is 179 cm³/mol. The van der Waals surface area contributed by atoms with Gasteiger partial charge >= 0.3 is 59.5 Å². The quantitative estimate of drug-likeness (QED) is 0.286. The third kappa shape index (κ3) is 7.64. The van der Waals surface area contributed by atoms with Crippen molar-refractivity contribution in [1.29, 1.82) is 0 Å². The molecule has 7 rings (SSSR count). The Morgan fingerprint density at radius 2 is 1.36 bits per heavy atom. The van der Waals surface area contributed by atoms with Gasteiger partial charge in [0.1, 0.15) is 0 Å². The first-order valence-electron chi connectivity index (χ1n) is 16.1. The minimum absolute atomic E-state index is 0. The summed E-state index contributed by atoms with van der Waals surface area (Å²) in [5, 5.41) is 0. The first-order valence-corrected chi connectivity index (χ1v) is 17.3. The van der Waals surface area contributed by atoms with Crippen LogP contribution in [0.1, 0.15) is 135 Å². The summed E-state index contributed by atoms with van der Waals surface area (Å²) in [6.07, 6.45) is 22.1. The number of rotatable bonds is 0. The molecule has 0 bridgehead atoms. The summed E-state index contributed by atoms with van der Waals surface area (Å²) in [5.74, 6) is 0.522. The Morgan fingerprint density at radius 3 is 1.84 bits per heavy atom. The predicted octanol–water partition coefficient (Wildman–Crippen LogP) is 5.10. The van der Waals surface area contributed by atoms with E-state index in [1.807, 2.05) is 0 Å². The van der Waals surface area contributed by atoms with Crippen molar-refractivity contribution in [1.82, 2.24) is 0 Å². The summed E-state index contributed by atoms with van der Waals surface area (Å²) in [4.78, 5) is 0. The summed E-state index contributed by atoms with van der Waals surface area (Å²) < 4.78 is 1.80. The van der Waals surface area contributed by atoms with Gasteiger partial charge in [-0.1, -0.05) is 97.3 Å². The molecular formula is C41H50Cl2Zr-2. The Kier molecular flexibility index (Phi) is 11.7. The van der Waals surface area contributed by atoms with E-state index in [-0.39, 0.29) is 35.6 Å². The summed E-state index contributed by atoms with van der Waals surface area (Å²) in [7, 11) is 0. The van der Waals surface area contributed by atoms with Crippen molar-refractivity contribution in [2.45, 2.75) is 119 Å². The minimum atomic E-state index is 0. The molecule has 0 amide bonds. The monoisotopic (exact) mass is 702 g/mol. The summed E-state index contributed by atoms with van der Waals surface area (Å²) in [6.45, 7) is 22.5. The van der Waals surface area contributed by atoms with Crippen LogP contribution in [0, 0.1) is 23.5 Å². The molecule has 1 fully saturated rings. The number of hydrogen-bond donors (Lipinski definition) is 0. The third-order valence-corrected chi connectivity index (χ3v) is 10.9. The van der Waals surface area contributed by atoms with Crippen molar-refractivity contribution in [2.75, 3.05) is 0 Å². The van der Waals surface area contributed by atoms with Gasteiger partial charge in [0.15, 0.2) is 0 Å². The van der Waals surface area contributed by atoms with Crippen LogP contribution in [-0.2, 0) is 41.5 Å². The second kappa shape index (κ2) is 13.8. The van der Waals surface area contributed by atoms with Crippen molar-refractivity contribution in [3.63, 3.8) is 0 Å². The molecule has 2 aromatic carbocycles. The molecule has 3 heteroatoms. The van der Waals surface area contributed by atoms with E-state index in [1.165, 1.54) is 93.3 Å². The van der Waals surface area contributed by atoms with Gasteiger partial charge in [-0.15, -0.1) is 11.6 Å². The summed E-state index contributed by atoms with van der Waals surface area (Å²) >= 11 is 1.69. The van der Waals surface area contributed by atoms with Crippen molar-refractivity contribution in [3.05, 3.63) is 93.6 Å². The van der Waals surface area contributed by atoms with Crippen molar-refractivity contribution in [2.24, 2.45) is 11.3 Å². The Hall–Kier alpha value is -1.27. The van der Waals surface area contributed by atoms with E-state index >= 15 is 0 Å². The fourth-order valence-corrected chi connectivity index (χ4v) is 8.18. The van der Waals surface area contributed by atoms with Crippen LogP contribution < -0.4 is 24.8 Å². The molecule has 0 saturated heterocycles. The van der Waals surface area contributed by atoms with Gasteiger partial charge in [0, 0.05) is 5.41 Å². The first kappa shape index (κ1) is 37.2. The van der Waals surface area contributed by atoms with E-state index < -0.39 is 0 Å². The topological polar surface area (TPSA) is 0 Å². The molecule has 1 saturated carbocycles. The van der Waals surface area contributed by atoms with Gasteiger partial charge in [0.2, 0.25) is 0 Å². The van der Waals surface area contributed by atoms with E-state index in [0.29, 0.717) is 11.3 Å². The number of benzene rings is 2. The molecule has 0 radical (unpaired) electrons. The maximum absolute atomic E-state index is 3.65. The standard InChI is InChI=1S/C25H25.C10H15.C6H10.2ClH.Zr/c1-14-12-24(3,4)22-8-16-7-17-9-23-19(15(2)13-25(23,5)6)11-21(17)20(16)10-18(14)22;1-8-5-6-9(7-8)10(2,3)4;1-2-4-6-5-3-1;;;/h8-12H,7H2,1-6H3;6-8H,1-4H3;1-5H2;2*1H;/q2*-1;;;;+2/p-2. The van der Waals surface area contributed by atoms with E-state index in [9.17, 15) is 0 Å². The van der Waals surface area contributed by atoms with Crippen LogP contribution in [-0.4, -0.2) is 3.21 Å². The van der Waals surface area contributed by atoms with Gasteiger partial charge in [-0.05, 0) is 58.4 Å². The number of halogens is 2. The van der Waals surface area contributed by atoms with E-state index in [4.69, 9.17) is 0 Å². The Labute approximate surface area is 296 Å². The fourth-order valence-electron chi connectivity index (χ4n) is 7.31. The molecule has 234 valence electrons. The van der Waals surface area contributed by atoms with Crippen LogP contribution in [0.4, 0.5) is 0 Å². The van der Waals surface area contributed by atoms with Crippen LogP contribution in [0.3, 0.4) is 0 Å². The van der Waals surface area contributed by atoms with Crippen molar-refractivity contribution in [3.8, 4) is 11.1 Å². The Bertz CT molecular complexity index is 1460. The van der Waals surface area contributed by atoms with Crippen LogP contribution in [0.25, 0.3) is 22.3 Å². The average Bonchev–Trinajstić information content (AvgIpc) is 3.61. The van der Waals surface area contributed by atoms with Gasteiger partial charge in [-0.25, -0.2) is 11.6 Å². The molecule has 1 unspecified atom stereocenters.